The van der Waals surface area contributed by atoms with Gasteiger partial charge in [0.1, 0.15) is 5.60 Å². The maximum atomic E-state index is 12.2. The highest BCUT2D eigenvalue weighted by molar-refractivity contribution is 5.83. The van der Waals surface area contributed by atoms with E-state index >= 15 is 0 Å². The molecule has 8 heteroatoms. The number of carbonyl (C=O) groups excluding carboxylic acids is 1. The number of ether oxygens (including phenoxy) is 1. The summed E-state index contributed by atoms with van der Waals surface area (Å²) in [5.41, 5.74) is 1.49. The highest BCUT2D eigenvalue weighted by atomic mass is 16.6. The van der Waals surface area contributed by atoms with Crippen molar-refractivity contribution >= 4 is 17.0 Å². The van der Waals surface area contributed by atoms with Gasteiger partial charge in [0.15, 0.2) is 0 Å². The van der Waals surface area contributed by atoms with E-state index in [2.05, 4.69) is 28.2 Å². The predicted octanol–water partition coefficient (Wildman–Crippen LogP) is 4.09. The molecule has 1 fully saturated rings. The number of amides is 1. The van der Waals surface area contributed by atoms with Crippen molar-refractivity contribution in [1.29, 1.82) is 0 Å². The maximum absolute atomic E-state index is 12.2. The Labute approximate surface area is 169 Å². The molecule has 1 aliphatic rings. The van der Waals surface area contributed by atoms with Crippen LogP contribution in [0.25, 0.3) is 16.9 Å². The molecule has 3 heterocycles. The first-order chi connectivity index (χ1) is 13.9. The van der Waals surface area contributed by atoms with Gasteiger partial charge in [-0.3, -0.25) is 0 Å². The number of likely N-dealkylation sites (tertiary alicyclic amines) is 1. The van der Waals surface area contributed by atoms with Crippen LogP contribution in [-0.2, 0) is 11.2 Å². The van der Waals surface area contributed by atoms with E-state index in [1.165, 1.54) is 0 Å². The molecule has 2 aromatic heterocycles. The van der Waals surface area contributed by atoms with Crippen LogP contribution < -0.4 is 0 Å². The molecule has 0 N–H and O–H groups in total. The minimum absolute atomic E-state index is 0.127. The minimum Gasteiger partial charge on any atom is -0.444 e. The van der Waals surface area contributed by atoms with Crippen molar-refractivity contribution < 1.29 is 14.1 Å². The molecular formula is C21H27N5O3. The summed E-state index contributed by atoms with van der Waals surface area (Å²) in [7, 11) is 0. The third-order valence-electron chi connectivity index (χ3n) is 5.12. The first-order valence-corrected chi connectivity index (χ1v) is 10.1. The molecule has 4 rings (SSSR count). The average molecular weight is 397 g/mol. The Hall–Kier alpha value is -2.90. The lowest BCUT2D eigenvalue weighted by Gasteiger charge is -2.32. The number of benzene rings is 1. The van der Waals surface area contributed by atoms with Crippen LogP contribution in [0.1, 0.15) is 58.0 Å². The fourth-order valence-corrected chi connectivity index (χ4v) is 3.66. The Kier molecular flexibility index (Phi) is 5.02. The SMILES string of the molecule is CCc1nn(-c2noc(C3CCN(C(=O)OC(C)(C)C)CC3)n2)c2ccccc12. The normalized spacial score (nSPS) is 15.8. The zero-order valence-corrected chi connectivity index (χ0v) is 17.4. The molecule has 0 unspecified atom stereocenters. The van der Waals surface area contributed by atoms with Gasteiger partial charge in [-0.25, -0.2) is 4.79 Å². The van der Waals surface area contributed by atoms with Crippen LogP contribution in [0.2, 0.25) is 0 Å². The van der Waals surface area contributed by atoms with E-state index < -0.39 is 5.60 Å². The van der Waals surface area contributed by atoms with Gasteiger partial charge in [0, 0.05) is 24.4 Å². The molecule has 3 aromatic rings. The second-order valence-corrected chi connectivity index (χ2v) is 8.40. The van der Waals surface area contributed by atoms with E-state index in [-0.39, 0.29) is 12.0 Å². The van der Waals surface area contributed by atoms with Crippen LogP contribution in [0.4, 0.5) is 4.79 Å². The maximum Gasteiger partial charge on any atom is 0.410 e. The molecule has 29 heavy (non-hydrogen) atoms. The summed E-state index contributed by atoms with van der Waals surface area (Å²) in [5, 5.41) is 9.94. The minimum atomic E-state index is -0.487. The largest absolute Gasteiger partial charge is 0.444 e. The highest BCUT2D eigenvalue weighted by Crippen LogP contribution is 2.29. The number of nitrogens with zero attached hydrogens (tertiary/aromatic N) is 5. The summed E-state index contributed by atoms with van der Waals surface area (Å²) >= 11 is 0. The molecule has 8 nitrogen and oxygen atoms in total. The van der Waals surface area contributed by atoms with Gasteiger partial charge >= 0.3 is 6.09 Å². The molecule has 0 aliphatic carbocycles. The fraction of sp³-hybridized carbons (Fsp3) is 0.524. The molecule has 1 aliphatic heterocycles. The smallest absolute Gasteiger partial charge is 0.410 e. The lowest BCUT2D eigenvalue weighted by Crippen LogP contribution is -2.41. The number of aromatic nitrogens is 4. The third-order valence-corrected chi connectivity index (χ3v) is 5.12. The van der Waals surface area contributed by atoms with Crippen molar-refractivity contribution in [3.05, 3.63) is 35.9 Å². The van der Waals surface area contributed by atoms with Crippen molar-refractivity contribution in [1.82, 2.24) is 24.8 Å². The Balaban J connectivity index is 1.48. The van der Waals surface area contributed by atoms with Gasteiger partial charge in [-0.05, 0) is 51.3 Å². The second-order valence-electron chi connectivity index (χ2n) is 8.40. The highest BCUT2D eigenvalue weighted by Gasteiger charge is 2.30. The van der Waals surface area contributed by atoms with Crippen LogP contribution in [0.5, 0.6) is 0 Å². The summed E-state index contributed by atoms with van der Waals surface area (Å²) in [6.07, 6.45) is 2.10. The summed E-state index contributed by atoms with van der Waals surface area (Å²) < 4.78 is 12.8. The summed E-state index contributed by atoms with van der Waals surface area (Å²) in [6.45, 7) is 8.94. The summed E-state index contributed by atoms with van der Waals surface area (Å²) in [6, 6.07) is 8.06. The summed E-state index contributed by atoms with van der Waals surface area (Å²) in [5.74, 6) is 1.18. The molecule has 1 amide bonds. The quantitative estimate of drug-likeness (QED) is 0.662. The van der Waals surface area contributed by atoms with Crippen LogP contribution in [0.15, 0.2) is 28.8 Å². The van der Waals surface area contributed by atoms with Crippen molar-refractivity contribution in [2.75, 3.05) is 13.1 Å². The standard InChI is InChI=1S/C21H27N5O3/c1-5-16-15-8-6-7-9-17(15)26(23-16)19-22-18(29-24-19)14-10-12-25(13-11-14)20(27)28-21(2,3)4/h6-9,14H,5,10-13H2,1-4H3. The molecule has 0 saturated carbocycles. The number of aryl methyl sites for hydroxylation is 1. The van der Waals surface area contributed by atoms with E-state index in [4.69, 9.17) is 9.26 Å². The monoisotopic (exact) mass is 397 g/mol. The number of hydrogen-bond acceptors (Lipinski definition) is 6. The Morgan fingerprint density at radius 3 is 2.66 bits per heavy atom. The van der Waals surface area contributed by atoms with Crippen molar-refractivity contribution in [2.45, 2.75) is 58.5 Å². The number of hydrogen-bond donors (Lipinski definition) is 0. The second kappa shape index (κ2) is 7.50. The van der Waals surface area contributed by atoms with Gasteiger partial charge in [-0.2, -0.15) is 14.8 Å². The van der Waals surface area contributed by atoms with E-state index in [0.29, 0.717) is 24.9 Å². The van der Waals surface area contributed by atoms with Crippen LogP contribution in [-0.4, -0.2) is 49.6 Å². The van der Waals surface area contributed by atoms with Gasteiger partial charge in [-0.1, -0.05) is 25.1 Å². The van der Waals surface area contributed by atoms with E-state index in [0.717, 1.165) is 35.9 Å². The fourth-order valence-electron chi connectivity index (χ4n) is 3.66. The average Bonchev–Trinajstić information content (AvgIpc) is 3.31. The van der Waals surface area contributed by atoms with Crippen LogP contribution in [0.3, 0.4) is 0 Å². The molecular weight excluding hydrogens is 370 g/mol. The lowest BCUT2D eigenvalue weighted by molar-refractivity contribution is 0.0198. The van der Waals surface area contributed by atoms with Gasteiger partial charge in [0.25, 0.3) is 5.95 Å². The Bertz CT molecular complexity index is 1010. The molecule has 0 spiro atoms. The number of rotatable bonds is 3. The first-order valence-electron chi connectivity index (χ1n) is 10.1. The molecule has 1 aromatic carbocycles. The van der Waals surface area contributed by atoms with Gasteiger partial charge in [-0.15, -0.1) is 0 Å². The van der Waals surface area contributed by atoms with Crippen LogP contribution >= 0.6 is 0 Å². The molecule has 0 radical (unpaired) electrons. The summed E-state index contributed by atoms with van der Waals surface area (Å²) in [4.78, 5) is 18.6. The van der Waals surface area contributed by atoms with E-state index in [9.17, 15) is 4.79 Å². The third kappa shape index (κ3) is 3.97. The zero-order chi connectivity index (χ0) is 20.6. The zero-order valence-electron chi connectivity index (χ0n) is 17.4. The molecule has 0 bridgehead atoms. The number of piperidine rings is 1. The van der Waals surface area contributed by atoms with Crippen molar-refractivity contribution in [3.8, 4) is 5.95 Å². The first kappa shape index (κ1) is 19.4. The Morgan fingerprint density at radius 2 is 1.97 bits per heavy atom. The number of fused-ring (bicyclic) bond motifs is 1. The molecule has 1 saturated heterocycles. The van der Waals surface area contributed by atoms with Crippen LogP contribution in [0, 0.1) is 0 Å². The van der Waals surface area contributed by atoms with Crippen molar-refractivity contribution in [3.63, 3.8) is 0 Å². The topological polar surface area (TPSA) is 86.3 Å². The van der Waals surface area contributed by atoms with Gasteiger partial charge in [0.05, 0.1) is 11.2 Å². The lowest BCUT2D eigenvalue weighted by atomic mass is 9.97. The van der Waals surface area contributed by atoms with E-state index in [1.54, 1.807) is 9.58 Å². The predicted molar refractivity (Wildman–Crippen MR) is 108 cm³/mol. The van der Waals surface area contributed by atoms with Gasteiger partial charge in [0.2, 0.25) is 5.89 Å². The van der Waals surface area contributed by atoms with Gasteiger partial charge < -0.3 is 14.2 Å². The van der Waals surface area contributed by atoms with Crippen molar-refractivity contribution in [2.24, 2.45) is 0 Å². The number of para-hydroxylation sites is 1. The number of carbonyl (C=O) groups is 1. The Morgan fingerprint density at radius 1 is 1.24 bits per heavy atom. The van der Waals surface area contributed by atoms with E-state index in [1.807, 2.05) is 39.0 Å². The molecule has 154 valence electrons. The molecule has 0 atom stereocenters.